The number of anilines is 1. The van der Waals surface area contributed by atoms with E-state index in [1.807, 2.05) is 18.2 Å². The van der Waals surface area contributed by atoms with Gasteiger partial charge in [0.15, 0.2) is 17.3 Å². The van der Waals surface area contributed by atoms with Crippen molar-refractivity contribution in [3.63, 3.8) is 0 Å². The number of aromatic nitrogens is 2. The minimum absolute atomic E-state index is 0.176. The second-order valence-electron chi connectivity index (χ2n) is 8.09. The predicted octanol–water partition coefficient (Wildman–Crippen LogP) is 5.24. The zero-order valence-corrected chi connectivity index (χ0v) is 18.6. The molecule has 0 radical (unpaired) electrons. The molecule has 3 aromatic carbocycles. The molecule has 0 fully saturated rings. The number of carbonyl (C=O) groups is 1. The fourth-order valence-corrected chi connectivity index (χ4v) is 4.01. The first-order valence-corrected chi connectivity index (χ1v) is 11.1. The first-order chi connectivity index (χ1) is 17.2. The van der Waals surface area contributed by atoms with Gasteiger partial charge in [0.2, 0.25) is 6.79 Å². The van der Waals surface area contributed by atoms with Gasteiger partial charge in [0.25, 0.3) is 5.91 Å². The maximum absolute atomic E-state index is 12.7. The number of hydrogen-bond donors (Lipinski definition) is 1. The number of rotatable bonds is 7. The lowest BCUT2D eigenvalue weighted by Gasteiger charge is -2.06. The van der Waals surface area contributed by atoms with E-state index in [1.165, 1.54) is 10.8 Å². The molecule has 3 heterocycles. The van der Waals surface area contributed by atoms with Crippen LogP contribution in [-0.2, 0) is 13.2 Å². The maximum atomic E-state index is 12.7. The monoisotopic (exact) mass is 467 g/mol. The molecule has 35 heavy (non-hydrogen) atoms. The second-order valence-corrected chi connectivity index (χ2v) is 8.09. The number of amides is 1. The summed E-state index contributed by atoms with van der Waals surface area (Å²) in [5.41, 5.74) is 1.74. The van der Waals surface area contributed by atoms with Crippen molar-refractivity contribution in [1.29, 1.82) is 0 Å². The first-order valence-electron chi connectivity index (χ1n) is 11.1. The average molecular weight is 467 g/mol. The van der Waals surface area contributed by atoms with Crippen LogP contribution < -0.4 is 19.5 Å². The zero-order chi connectivity index (χ0) is 23.6. The van der Waals surface area contributed by atoms with Crippen LogP contribution in [0.15, 0.2) is 89.6 Å². The Morgan fingerprint density at radius 2 is 1.89 bits per heavy atom. The van der Waals surface area contributed by atoms with Gasteiger partial charge in [0, 0.05) is 12.3 Å². The number of ether oxygens (including phenoxy) is 3. The molecule has 0 unspecified atom stereocenters. The van der Waals surface area contributed by atoms with Gasteiger partial charge in [-0.3, -0.25) is 9.48 Å². The molecular formula is C27H21N3O5. The maximum Gasteiger partial charge on any atom is 0.291 e. The lowest BCUT2D eigenvalue weighted by molar-refractivity contribution is 0.0992. The van der Waals surface area contributed by atoms with E-state index in [2.05, 4.69) is 34.7 Å². The van der Waals surface area contributed by atoms with Crippen molar-refractivity contribution < 1.29 is 23.4 Å². The molecule has 8 heteroatoms. The van der Waals surface area contributed by atoms with E-state index in [9.17, 15) is 4.79 Å². The van der Waals surface area contributed by atoms with Gasteiger partial charge >= 0.3 is 0 Å². The largest absolute Gasteiger partial charge is 0.486 e. The normalized spacial score (nSPS) is 12.1. The molecule has 5 aromatic rings. The van der Waals surface area contributed by atoms with E-state index >= 15 is 0 Å². The van der Waals surface area contributed by atoms with Crippen molar-refractivity contribution in [2.45, 2.75) is 13.2 Å². The number of benzene rings is 3. The van der Waals surface area contributed by atoms with Crippen molar-refractivity contribution in [1.82, 2.24) is 9.78 Å². The van der Waals surface area contributed by atoms with Crippen LogP contribution in [0.25, 0.3) is 10.8 Å². The molecule has 1 N–H and O–H groups in total. The Morgan fingerprint density at radius 1 is 1.00 bits per heavy atom. The van der Waals surface area contributed by atoms with E-state index in [1.54, 1.807) is 47.4 Å². The van der Waals surface area contributed by atoms with E-state index in [0.29, 0.717) is 35.2 Å². The summed E-state index contributed by atoms with van der Waals surface area (Å²) in [4.78, 5) is 12.7. The Hall–Kier alpha value is -4.72. The van der Waals surface area contributed by atoms with Crippen LogP contribution in [0, 0.1) is 0 Å². The van der Waals surface area contributed by atoms with Crippen LogP contribution >= 0.6 is 0 Å². The molecule has 1 aliphatic heterocycles. The number of fused-ring (bicyclic) bond motifs is 2. The van der Waals surface area contributed by atoms with Crippen molar-refractivity contribution >= 4 is 22.4 Å². The fraction of sp³-hybridized carbons (Fsp3) is 0.111. The predicted molar refractivity (Wildman–Crippen MR) is 129 cm³/mol. The number of furan rings is 1. The molecule has 0 saturated heterocycles. The average Bonchev–Trinajstić information content (AvgIpc) is 3.64. The van der Waals surface area contributed by atoms with Crippen LogP contribution in [-0.4, -0.2) is 22.5 Å². The summed E-state index contributed by atoms with van der Waals surface area (Å²) >= 11 is 0. The van der Waals surface area contributed by atoms with Crippen molar-refractivity contribution in [3.05, 3.63) is 102 Å². The Labute approximate surface area is 200 Å². The molecule has 0 saturated carbocycles. The highest BCUT2D eigenvalue weighted by Gasteiger charge is 2.16. The summed E-state index contributed by atoms with van der Waals surface area (Å²) < 4.78 is 23.9. The molecule has 174 valence electrons. The first kappa shape index (κ1) is 20.9. The molecular weight excluding hydrogens is 446 g/mol. The quantitative estimate of drug-likeness (QED) is 0.352. The summed E-state index contributed by atoms with van der Waals surface area (Å²) in [7, 11) is 0. The molecule has 0 aliphatic carbocycles. The van der Waals surface area contributed by atoms with Crippen LogP contribution in [0.4, 0.5) is 5.69 Å². The van der Waals surface area contributed by atoms with Gasteiger partial charge in [-0.2, -0.15) is 5.10 Å². The van der Waals surface area contributed by atoms with Crippen molar-refractivity contribution in [3.8, 4) is 17.2 Å². The second kappa shape index (κ2) is 8.90. The molecule has 2 aromatic heterocycles. The number of carbonyl (C=O) groups excluding carboxylic acids is 1. The fourth-order valence-electron chi connectivity index (χ4n) is 4.01. The Bertz CT molecular complexity index is 1520. The van der Waals surface area contributed by atoms with Crippen LogP contribution in [0.2, 0.25) is 0 Å². The van der Waals surface area contributed by atoms with Gasteiger partial charge in [-0.05, 0) is 40.6 Å². The van der Waals surface area contributed by atoms with Crippen LogP contribution in [0.3, 0.4) is 0 Å². The standard InChI is InChI=1S/C27H21N3O5/c31-27(25-11-9-22(35-25)16-32-21-8-10-24-26(12-21)34-17-33-24)29-20-13-28-30(15-20)14-19-6-3-5-18-4-1-2-7-23(18)19/h1-13,15H,14,16-17H2,(H,29,31). The molecule has 0 atom stereocenters. The summed E-state index contributed by atoms with van der Waals surface area (Å²) in [5.74, 6) is 2.31. The zero-order valence-electron chi connectivity index (χ0n) is 18.6. The van der Waals surface area contributed by atoms with Gasteiger partial charge in [-0.1, -0.05) is 42.5 Å². The Morgan fingerprint density at radius 3 is 2.86 bits per heavy atom. The van der Waals surface area contributed by atoms with E-state index in [0.717, 1.165) is 5.56 Å². The summed E-state index contributed by atoms with van der Waals surface area (Å²) in [6, 6.07) is 23.1. The lowest BCUT2D eigenvalue weighted by atomic mass is 10.0. The van der Waals surface area contributed by atoms with Gasteiger partial charge in [-0.15, -0.1) is 0 Å². The summed E-state index contributed by atoms with van der Waals surface area (Å²) in [5, 5.41) is 9.58. The summed E-state index contributed by atoms with van der Waals surface area (Å²) in [6.45, 7) is 0.979. The van der Waals surface area contributed by atoms with E-state index in [4.69, 9.17) is 18.6 Å². The number of nitrogens with one attached hydrogen (secondary N) is 1. The van der Waals surface area contributed by atoms with Crippen LogP contribution in [0.5, 0.6) is 17.2 Å². The third-order valence-electron chi connectivity index (χ3n) is 5.71. The molecule has 0 bridgehead atoms. The van der Waals surface area contributed by atoms with Crippen molar-refractivity contribution in [2.75, 3.05) is 12.1 Å². The minimum atomic E-state index is -0.357. The van der Waals surface area contributed by atoms with E-state index < -0.39 is 0 Å². The van der Waals surface area contributed by atoms with Crippen LogP contribution in [0.1, 0.15) is 21.9 Å². The molecule has 1 amide bonds. The van der Waals surface area contributed by atoms with Gasteiger partial charge < -0.3 is 23.9 Å². The highest BCUT2D eigenvalue weighted by atomic mass is 16.7. The SMILES string of the molecule is O=C(Nc1cnn(Cc2cccc3ccccc23)c1)c1ccc(COc2ccc3c(c2)OCO3)o1. The highest BCUT2D eigenvalue weighted by molar-refractivity contribution is 6.02. The smallest absolute Gasteiger partial charge is 0.291 e. The highest BCUT2D eigenvalue weighted by Crippen LogP contribution is 2.35. The molecule has 0 spiro atoms. The number of hydrogen-bond acceptors (Lipinski definition) is 6. The number of nitrogens with zero attached hydrogens (tertiary/aromatic N) is 2. The lowest BCUT2D eigenvalue weighted by Crippen LogP contribution is -2.10. The molecule has 8 nitrogen and oxygen atoms in total. The Balaban J connectivity index is 1.07. The minimum Gasteiger partial charge on any atom is -0.486 e. The van der Waals surface area contributed by atoms with Gasteiger partial charge in [0.05, 0.1) is 18.4 Å². The molecule has 1 aliphatic rings. The van der Waals surface area contributed by atoms with Gasteiger partial charge in [0.1, 0.15) is 18.1 Å². The topological polar surface area (TPSA) is 87.8 Å². The third kappa shape index (κ3) is 4.41. The van der Waals surface area contributed by atoms with E-state index in [-0.39, 0.29) is 25.1 Å². The third-order valence-corrected chi connectivity index (χ3v) is 5.71. The summed E-state index contributed by atoms with van der Waals surface area (Å²) in [6.07, 6.45) is 3.42. The molecule has 6 rings (SSSR count). The Kier molecular flexibility index (Phi) is 5.31. The van der Waals surface area contributed by atoms with Crippen molar-refractivity contribution in [2.24, 2.45) is 0 Å². The van der Waals surface area contributed by atoms with Gasteiger partial charge in [-0.25, -0.2) is 0 Å².